The van der Waals surface area contributed by atoms with Crippen molar-refractivity contribution in [2.75, 3.05) is 24.5 Å². The van der Waals surface area contributed by atoms with E-state index in [9.17, 15) is 13.2 Å². The molecule has 4 rings (SSSR count). The molecule has 2 aromatic rings. The summed E-state index contributed by atoms with van der Waals surface area (Å²) >= 11 is 0. The number of piperidine rings is 1. The molecule has 0 unspecified atom stereocenters. The molecule has 2 aromatic heterocycles. The Kier molecular flexibility index (Phi) is 5.03. The van der Waals surface area contributed by atoms with Crippen LogP contribution in [0.5, 0.6) is 0 Å². The Bertz CT molecular complexity index is 736. The van der Waals surface area contributed by atoms with Gasteiger partial charge in [-0.15, -0.1) is 0 Å². The highest BCUT2D eigenvalue weighted by atomic mass is 19.4. The van der Waals surface area contributed by atoms with Crippen molar-refractivity contribution in [2.45, 2.75) is 50.5 Å². The van der Waals surface area contributed by atoms with Crippen LogP contribution in [0.1, 0.15) is 31.4 Å². The molecule has 3 heterocycles. The maximum Gasteiger partial charge on any atom is 0.433 e. The van der Waals surface area contributed by atoms with Crippen LogP contribution in [0.2, 0.25) is 0 Å². The Morgan fingerprint density at radius 1 is 1.04 bits per heavy atom. The van der Waals surface area contributed by atoms with Gasteiger partial charge in [-0.05, 0) is 31.7 Å². The molecule has 0 bridgehead atoms. The second-order valence-corrected chi connectivity index (χ2v) is 7.24. The van der Waals surface area contributed by atoms with Crippen molar-refractivity contribution >= 4 is 5.82 Å². The lowest BCUT2D eigenvalue weighted by Crippen LogP contribution is -2.47. The third-order valence-corrected chi connectivity index (χ3v) is 5.30. The quantitative estimate of drug-likeness (QED) is 0.771. The predicted molar refractivity (Wildman–Crippen MR) is 94.2 cm³/mol. The summed E-state index contributed by atoms with van der Waals surface area (Å²) < 4.78 is 41.0. The SMILES string of the molecule is FC(F)(F)c1cc(N(C2CC2)C2CCN(CCn3cccn3)CC2)ncn1. The van der Waals surface area contributed by atoms with Gasteiger partial charge in [-0.3, -0.25) is 4.68 Å². The third-order valence-electron chi connectivity index (χ3n) is 5.30. The summed E-state index contributed by atoms with van der Waals surface area (Å²) in [5.41, 5.74) is -0.866. The molecule has 2 fully saturated rings. The van der Waals surface area contributed by atoms with Crippen molar-refractivity contribution < 1.29 is 13.2 Å². The van der Waals surface area contributed by atoms with Crippen molar-refractivity contribution in [2.24, 2.45) is 0 Å². The second-order valence-electron chi connectivity index (χ2n) is 7.24. The van der Waals surface area contributed by atoms with Gasteiger partial charge in [0, 0.05) is 50.2 Å². The van der Waals surface area contributed by atoms with Gasteiger partial charge in [-0.1, -0.05) is 0 Å². The molecule has 1 aliphatic carbocycles. The van der Waals surface area contributed by atoms with Gasteiger partial charge in [-0.25, -0.2) is 9.97 Å². The Labute approximate surface area is 156 Å². The largest absolute Gasteiger partial charge is 0.433 e. The fourth-order valence-corrected chi connectivity index (χ4v) is 3.77. The van der Waals surface area contributed by atoms with Crippen molar-refractivity contribution in [1.82, 2.24) is 24.6 Å². The lowest BCUT2D eigenvalue weighted by atomic mass is 10.0. The summed E-state index contributed by atoms with van der Waals surface area (Å²) in [4.78, 5) is 12.1. The van der Waals surface area contributed by atoms with Crippen LogP contribution in [0.15, 0.2) is 30.9 Å². The standard InChI is InChI=1S/C18H23F3N6/c19-18(20,21)16-12-17(23-13-22-16)27(14-2-3-14)15-4-8-25(9-5-15)10-11-26-7-1-6-24-26/h1,6-7,12-15H,2-5,8-11H2. The minimum Gasteiger partial charge on any atom is -0.350 e. The molecule has 0 radical (unpaired) electrons. The number of likely N-dealkylation sites (tertiary alicyclic amines) is 1. The number of hydrogen-bond acceptors (Lipinski definition) is 5. The molecule has 0 atom stereocenters. The van der Waals surface area contributed by atoms with Gasteiger partial charge in [0.2, 0.25) is 0 Å². The van der Waals surface area contributed by atoms with Gasteiger partial charge in [0.1, 0.15) is 17.8 Å². The summed E-state index contributed by atoms with van der Waals surface area (Å²) in [5.74, 6) is 0.412. The van der Waals surface area contributed by atoms with Crippen LogP contribution in [0.4, 0.5) is 19.0 Å². The van der Waals surface area contributed by atoms with Gasteiger partial charge in [0.25, 0.3) is 0 Å². The van der Waals surface area contributed by atoms with E-state index in [2.05, 4.69) is 24.9 Å². The molecule has 9 heteroatoms. The normalized spacial score (nSPS) is 19.4. The number of alkyl halides is 3. The number of nitrogens with zero attached hydrogens (tertiary/aromatic N) is 6. The van der Waals surface area contributed by atoms with E-state index in [0.717, 1.165) is 64.3 Å². The van der Waals surface area contributed by atoms with Crippen LogP contribution >= 0.6 is 0 Å². The average molecular weight is 380 g/mol. The lowest BCUT2D eigenvalue weighted by Gasteiger charge is -2.39. The minimum atomic E-state index is -4.44. The van der Waals surface area contributed by atoms with E-state index in [1.54, 1.807) is 6.20 Å². The number of hydrogen-bond donors (Lipinski definition) is 0. The van der Waals surface area contributed by atoms with E-state index in [4.69, 9.17) is 0 Å². The zero-order valence-electron chi connectivity index (χ0n) is 15.0. The maximum atomic E-state index is 13.0. The minimum absolute atomic E-state index is 0.231. The summed E-state index contributed by atoms with van der Waals surface area (Å²) in [6.07, 6.45) is 4.22. The van der Waals surface area contributed by atoms with Gasteiger partial charge in [0.05, 0.1) is 6.54 Å². The van der Waals surface area contributed by atoms with Crippen LogP contribution in [0, 0.1) is 0 Å². The zero-order valence-corrected chi connectivity index (χ0v) is 15.0. The number of anilines is 1. The first-order valence-corrected chi connectivity index (χ1v) is 9.38. The number of aromatic nitrogens is 4. The van der Waals surface area contributed by atoms with Crippen molar-refractivity contribution in [3.8, 4) is 0 Å². The molecular weight excluding hydrogens is 357 g/mol. The molecule has 0 amide bonds. The van der Waals surface area contributed by atoms with E-state index in [1.165, 1.54) is 0 Å². The predicted octanol–water partition coefficient (Wildman–Crippen LogP) is 2.83. The van der Waals surface area contributed by atoms with E-state index >= 15 is 0 Å². The molecule has 6 nitrogen and oxygen atoms in total. The zero-order chi connectivity index (χ0) is 18.9. The van der Waals surface area contributed by atoms with Crippen molar-refractivity contribution in [3.05, 3.63) is 36.5 Å². The van der Waals surface area contributed by atoms with Gasteiger partial charge in [-0.2, -0.15) is 18.3 Å². The topological polar surface area (TPSA) is 50.1 Å². The molecule has 0 aromatic carbocycles. The van der Waals surface area contributed by atoms with Gasteiger partial charge >= 0.3 is 6.18 Å². The Hall–Kier alpha value is -2.16. The van der Waals surface area contributed by atoms with Crippen LogP contribution < -0.4 is 4.90 Å². The maximum absolute atomic E-state index is 13.0. The Morgan fingerprint density at radius 3 is 2.41 bits per heavy atom. The van der Waals surface area contributed by atoms with E-state index in [0.29, 0.717) is 11.9 Å². The Morgan fingerprint density at radius 2 is 1.78 bits per heavy atom. The monoisotopic (exact) mass is 380 g/mol. The summed E-state index contributed by atoms with van der Waals surface area (Å²) in [5, 5.41) is 4.22. The summed E-state index contributed by atoms with van der Waals surface area (Å²) in [7, 11) is 0. The molecule has 2 aliphatic rings. The van der Waals surface area contributed by atoms with E-state index in [1.807, 2.05) is 16.9 Å². The van der Waals surface area contributed by atoms with E-state index < -0.39 is 11.9 Å². The highest BCUT2D eigenvalue weighted by Gasteiger charge is 2.38. The molecule has 27 heavy (non-hydrogen) atoms. The molecule has 1 saturated heterocycles. The fourth-order valence-electron chi connectivity index (χ4n) is 3.77. The molecule has 146 valence electrons. The van der Waals surface area contributed by atoms with E-state index in [-0.39, 0.29) is 6.04 Å². The molecule has 1 aliphatic heterocycles. The molecule has 0 N–H and O–H groups in total. The van der Waals surface area contributed by atoms with Crippen molar-refractivity contribution in [1.29, 1.82) is 0 Å². The smallest absolute Gasteiger partial charge is 0.350 e. The summed E-state index contributed by atoms with van der Waals surface area (Å²) in [6, 6.07) is 3.55. The first kappa shape index (κ1) is 18.2. The highest BCUT2D eigenvalue weighted by Crippen LogP contribution is 2.37. The third kappa shape index (κ3) is 4.40. The van der Waals surface area contributed by atoms with Crippen LogP contribution in [0.3, 0.4) is 0 Å². The van der Waals surface area contributed by atoms with Crippen LogP contribution in [0.25, 0.3) is 0 Å². The Balaban J connectivity index is 1.39. The van der Waals surface area contributed by atoms with Crippen LogP contribution in [-0.2, 0) is 12.7 Å². The average Bonchev–Trinajstić information content (AvgIpc) is 3.34. The number of rotatable bonds is 6. The first-order chi connectivity index (χ1) is 13.0. The molecule has 1 saturated carbocycles. The van der Waals surface area contributed by atoms with Gasteiger partial charge in [0.15, 0.2) is 0 Å². The first-order valence-electron chi connectivity index (χ1n) is 9.38. The highest BCUT2D eigenvalue weighted by molar-refractivity contribution is 5.44. The fraction of sp³-hybridized carbons (Fsp3) is 0.611. The van der Waals surface area contributed by atoms with Crippen molar-refractivity contribution in [3.63, 3.8) is 0 Å². The number of halogens is 3. The van der Waals surface area contributed by atoms with Gasteiger partial charge < -0.3 is 9.80 Å². The molecule has 0 spiro atoms. The summed E-state index contributed by atoms with van der Waals surface area (Å²) in [6.45, 7) is 3.66. The second kappa shape index (κ2) is 7.46. The molecular formula is C18H23F3N6. The van der Waals surface area contributed by atoms with Crippen LogP contribution in [-0.4, -0.2) is 56.4 Å². The lowest BCUT2D eigenvalue weighted by molar-refractivity contribution is -0.141.